The molecule has 0 bridgehead atoms. The van der Waals surface area contributed by atoms with Crippen molar-refractivity contribution in [3.63, 3.8) is 0 Å². The SMILES string of the molecule is C[C@@H]1c2cccn2CCN1C(=O)CSc1nc2ccccc2s1. The largest absolute Gasteiger partial charge is 0.348 e. The molecule has 0 spiro atoms. The number of hydrogen-bond donors (Lipinski definition) is 0. The minimum absolute atomic E-state index is 0.141. The maximum absolute atomic E-state index is 12.6. The predicted octanol–water partition coefficient (Wildman–Crippen LogP) is 3.79. The van der Waals surface area contributed by atoms with Gasteiger partial charge >= 0.3 is 0 Å². The van der Waals surface area contributed by atoms with Gasteiger partial charge in [0.1, 0.15) is 0 Å². The normalized spacial score (nSPS) is 17.4. The summed E-state index contributed by atoms with van der Waals surface area (Å²) in [5, 5.41) is 0. The van der Waals surface area contributed by atoms with Gasteiger partial charge in [0.2, 0.25) is 5.91 Å². The Labute approximate surface area is 143 Å². The van der Waals surface area contributed by atoms with Crippen molar-refractivity contribution >= 4 is 39.2 Å². The maximum atomic E-state index is 12.6. The van der Waals surface area contributed by atoms with E-state index in [1.807, 2.05) is 23.1 Å². The molecule has 0 radical (unpaired) electrons. The van der Waals surface area contributed by atoms with E-state index < -0.39 is 0 Å². The highest BCUT2D eigenvalue weighted by Gasteiger charge is 2.27. The minimum atomic E-state index is 0.141. The molecule has 1 amide bonds. The van der Waals surface area contributed by atoms with Crippen molar-refractivity contribution < 1.29 is 4.79 Å². The lowest BCUT2D eigenvalue weighted by atomic mass is 10.1. The zero-order valence-corrected chi connectivity index (χ0v) is 14.4. The summed E-state index contributed by atoms with van der Waals surface area (Å²) in [4.78, 5) is 19.2. The van der Waals surface area contributed by atoms with Crippen LogP contribution in [0.15, 0.2) is 46.9 Å². The summed E-state index contributed by atoms with van der Waals surface area (Å²) in [6, 6.07) is 12.4. The summed E-state index contributed by atoms with van der Waals surface area (Å²) in [6.45, 7) is 3.76. The van der Waals surface area contributed by atoms with Crippen LogP contribution in [0.4, 0.5) is 0 Å². The van der Waals surface area contributed by atoms with E-state index in [-0.39, 0.29) is 11.9 Å². The summed E-state index contributed by atoms with van der Waals surface area (Å²) in [6.07, 6.45) is 2.09. The first-order valence-electron chi connectivity index (χ1n) is 7.65. The fourth-order valence-electron chi connectivity index (χ4n) is 3.04. The quantitative estimate of drug-likeness (QED) is 0.679. The zero-order valence-electron chi connectivity index (χ0n) is 12.8. The number of fused-ring (bicyclic) bond motifs is 2. The third-order valence-electron chi connectivity index (χ3n) is 4.26. The molecular weight excluding hydrogens is 326 g/mol. The number of hydrogen-bond acceptors (Lipinski definition) is 4. The molecule has 0 aliphatic carbocycles. The van der Waals surface area contributed by atoms with E-state index >= 15 is 0 Å². The number of para-hydroxylation sites is 1. The molecule has 1 aliphatic heterocycles. The first-order chi connectivity index (χ1) is 11.2. The molecule has 6 heteroatoms. The highest BCUT2D eigenvalue weighted by molar-refractivity contribution is 8.01. The van der Waals surface area contributed by atoms with Crippen LogP contribution in [0.3, 0.4) is 0 Å². The molecule has 0 saturated carbocycles. The summed E-state index contributed by atoms with van der Waals surface area (Å²) in [7, 11) is 0. The van der Waals surface area contributed by atoms with E-state index in [2.05, 4.69) is 40.9 Å². The Kier molecular flexibility index (Phi) is 3.87. The number of amides is 1. The lowest BCUT2D eigenvalue weighted by Crippen LogP contribution is -2.41. The Morgan fingerprint density at radius 2 is 2.17 bits per heavy atom. The van der Waals surface area contributed by atoms with Gasteiger partial charge in [-0.25, -0.2) is 4.98 Å². The van der Waals surface area contributed by atoms with Crippen LogP contribution in [-0.4, -0.2) is 32.7 Å². The van der Waals surface area contributed by atoms with Crippen molar-refractivity contribution in [1.29, 1.82) is 0 Å². The van der Waals surface area contributed by atoms with E-state index in [1.54, 1.807) is 23.1 Å². The fourth-order valence-corrected chi connectivity index (χ4v) is 4.99. The standard InChI is InChI=1S/C17H17N3OS2/c1-12-14-6-4-8-19(14)9-10-20(12)16(21)11-22-17-18-13-5-2-3-7-15(13)23-17/h2-8,12H,9-11H2,1H3/t12-/m1/s1. The van der Waals surface area contributed by atoms with Gasteiger partial charge in [-0.3, -0.25) is 4.79 Å². The molecule has 4 rings (SSSR count). The fraction of sp³-hybridized carbons (Fsp3) is 0.294. The van der Waals surface area contributed by atoms with Crippen LogP contribution in [0.1, 0.15) is 18.7 Å². The van der Waals surface area contributed by atoms with Gasteiger partial charge in [0, 0.05) is 25.0 Å². The van der Waals surface area contributed by atoms with Crippen molar-refractivity contribution in [3.05, 3.63) is 48.3 Å². The number of carbonyl (C=O) groups excluding carboxylic acids is 1. The Balaban J connectivity index is 1.44. The molecule has 4 nitrogen and oxygen atoms in total. The van der Waals surface area contributed by atoms with Crippen LogP contribution in [-0.2, 0) is 11.3 Å². The lowest BCUT2D eigenvalue weighted by Gasteiger charge is -2.34. The molecule has 23 heavy (non-hydrogen) atoms. The lowest BCUT2D eigenvalue weighted by molar-refractivity contribution is -0.131. The maximum Gasteiger partial charge on any atom is 0.233 e. The van der Waals surface area contributed by atoms with E-state index in [4.69, 9.17) is 0 Å². The predicted molar refractivity (Wildman–Crippen MR) is 94.9 cm³/mol. The first-order valence-corrected chi connectivity index (χ1v) is 9.45. The van der Waals surface area contributed by atoms with Gasteiger partial charge < -0.3 is 9.47 Å². The molecule has 0 fully saturated rings. The zero-order chi connectivity index (χ0) is 15.8. The van der Waals surface area contributed by atoms with Gasteiger partial charge in [-0.15, -0.1) is 11.3 Å². The van der Waals surface area contributed by atoms with Crippen LogP contribution in [0.25, 0.3) is 10.2 Å². The summed E-state index contributed by atoms with van der Waals surface area (Å²) >= 11 is 3.20. The summed E-state index contributed by atoms with van der Waals surface area (Å²) < 4.78 is 4.37. The molecule has 3 aromatic rings. The monoisotopic (exact) mass is 343 g/mol. The Morgan fingerprint density at radius 1 is 1.30 bits per heavy atom. The van der Waals surface area contributed by atoms with Crippen molar-refractivity contribution in [3.8, 4) is 0 Å². The Bertz CT molecular complexity index is 821. The smallest absolute Gasteiger partial charge is 0.233 e. The second-order valence-electron chi connectivity index (χ2n) is 5.63. The second kappa shape index (κ2) is 6.02. The van der Waals surface area contributed by atoms with E-state index in [9.17, 15) is 4.79 Å². The van der Waals surface area contributed by atoms with E-state index in [1.165, 1.54) is 10.4 Å². The molecule has 118 valence electrons. The van der Waals surface area contributed by atoms with Crippen molar-refractivity contribution in [2.45, 2.75) is 23.8 Å². The minimum Gasteiger partial charge on any atom is -0.348 e. The van der Waals surface area contributed by atoms with Crippen LogP contribution >= 0.6 is 23.1 Å². The van der Waals surface area contributed by atoms with Gasteiger partial charge in [-0.1, -0.05) is 23.9 Å². The molecule has 2 aromatic heterocycles. The molecule has 0 N–H and O–H groups in total. The van der Waals surface area contributed by atoms with E-state index in [0.29, 0.717) is 5.75 Å². The van der Waals surface area contributed by atoms with Crippen LogP contribution in [0, 0.1) is 0 Å². The third kappa shape index (κ3) is 2.77. The second-order valence-corrected chi connectivity index (χ2v) is 7.88. The average Bonchev–Trinajstić information content (AvgIpc) is 3.19. The number of rotatable bonds is 3. The first kappa shape index (κ1) is 14.8. The molecule has 0 saturated heterocycles. The topological polar surface area (TPSA) is 38.1 Å². The molecule has 1 aliphatic rings. The summed E-state index contributed by atoms with van der Waals surface area (Å²) in [5.74, 6) is 0.638. The molecular formula is C17H17N3OS2. The van der Waals surface area contributed by atoms with Crippen molar-refractivity contribution in [1.82, 2.24) is 14.5 Å². The molecule has 3 heterocycles. The van der Waals surface area contributed by atoms with Gasteiger partial charge in [0.15, 0.2) is 4.34 Å². The third-order valence-corrected chi connectivity index (χ3v) is 6.42. The number of carbonyl (C=O) groups is 1. The number of nitrogens with zero attached hydrogens (tertiary/aromatic N) is 3. The van der Waals surface area contributed by atoms with Crippen molar-refractivity contribution in [2.24, 2.45) is 0 Å². The molecule has 0 unspecified atom stereocenters. The van der Waals surface area contributed by atoms with E-state index in [0.717, 1.165) is 22.9 Å². The molecule has 1 atom stereocenters. The van der Waals surface area contributed by atoms with Crippen LogP contribution in [0.2, 0.25) is 0 Å². The number of thiazole rings is 1. The molecule has 1 aromatic carbocycles. The van der Waals surface area contributed by atoms with Crippen LogP contribution in [0.5, 0.6) is 0 Å². The van der Waals surface area contributed by atoms with Gasteiger partial charge in [-0.05, 0) is 31.2 Å². The number of thioether (sulfide) groups is 1. The Morgan fingerprint density at radius 3 is 3.04 bits per heavy atom. The highest BCUT2D eigenvalue weighted by Crippen LogP contribution is 2.31. The van der Waals surface area contributed by atoms with Gasteiger partial charge in [0.25, 0.3) is 0 Å². The number of benzene rings is 1. The Hall–Kier alpha value is -1.79. The average molecular weight is 343 g/mol. The number of aromatic nitrogens is 2. The van der Waals surface area contributed by atoms with Gasteiger partial charge in [-0.2, -0.15) is 0 Å². The van der Waals surface area contributed by atoms with Crippen molar-refractivity contribution in [2.75, 3.05) is 12.3 Å². The van der Waals surface area contributed by atoms with Gasteiger partial charge in [0.05, 0.1) is 22.0 Å². The summed E-state index contributed by atoms with van der Waals surface area (Å²) in [5.41, 5.74) is 2.23. The van der Waals surface area contributed by atoms with Crippen LogP contribution < -0.4 is 0 Å². The highest BCUT2D eigenvalue weighted by atomic mass is 32.2.